The highest BCUT2D eigenvalue weighted by Crippen LogP contribution is 2.23. The first-order valence-corrected chi connectivity index (χ1v) is 12.4. The average Bonchev–Trinajstić information content (AvgIpc) is 3.50. The van der Waals surface area contributed by atoms with Crippen molar-refractivity contribution >= 4 is 38.8 Å². The topological polar surface area (TPSA) is 72.5 Å². The first-order valence-electron chi connectivity index (χ1n) is 11.5. The molecule has 0 bridgehead atoms. The Morgan fingerprint density at radius 2 is 2.00 bits per heavy atom. The van der Waals surface area contributed by atoms with Gasteiger partial charge in [-0.25, -0.2) is 0 Å². The van der Waals surface area contributed by atoms with Gasteiger partial charge in [0, 0.05) is 32.5 Å². The second-order valence-electron chi connectivity index (χ2n) is 8.38. The minimum Gasteiger partial charge on any atom is -0.339 e. The van der Waals surface area contributed by atoms with Crippen molar-refractivity contribution in [2.75, 3.05) is 13.1 Å². The smallest absolute Gasteiger partial charge is 0.272 e. The van der Waals surface area contributed by atoms with Crippen LogP contribution in [-0.4, -0.2) is 43.1 Å². The van der Waals surface area contributed by atoms with E-state index in [0.29, 0.717) is 36.4 Å². The molecule has 0 aliphatic carbocycles. The van der Waals surface area contributed by atoms with Gasteiger partial charge in [-0.05, 0) is 35.4 Å². The zero-order valence-electron chi connectivity index (χ0n) is 18.7. The van der Waals surface area contributed by atoms with E-state index in [-0.39, 0.29) is 11.5 Å². The van der Waals surface area contributed by atoms with Crippen molar-refractivity contribution in [1.29, 1.82) is 0 Å². The fraction of sp³-hybridized carbons (Fsp3) is 0.360. The molecule has 0 atom stereocenters. The molecule has 8 heteroatoms. The number of thiophene rings is 1. The molecule has 0 radical (unpaired) electrons. The van der Waals surface area contributed by atoms with E-state index in [9.17, 15) is 9.59 Å². The van der Waals surface area contributed by atoms with Crippen LogP contribution in [0.5, 0.6) is 0 Å². The lowest BCUT2D eigenvalue weighted by Gasteiger charge is -2.26. The van der Waals surface area contributed by atoms with E-state index < -0.39 is 0 Å². The summed E-state index contributed by atoms with van der Waals surface area (Å²) in [5.41, 5.74) is 3.35. The van der Waals surface area contributed by atoms with Crippen LogP contribution in [0.4, 0.5) is 0 Å². The Morgan fingerprint density at radius 1 is 1.15 bits per heavy atom. The number of hydrogen-bond donors (Lipinski definition) is 0. The zero-order chi connectivity index (χ0) is 22.8. The normalized spacial score (nSPS) is 14.2. The maximum Gasteiger partial charge on any atom is 0.272 e. The Morgan fingerprint density at radius 3 is 2.76 bits per heavy atom. The summed E-state index contributed by atoms with van der Waals surface area (Å²) >= 11 is 1.44. The van der Waals surface area contributed by atoms with Crippen LogP contribution in [0, 0.1) is 0 Å². The van der Waals surface area contributed by atoms with Gasteiger partial charge in [-0.1, -0.05) is 49.8 Å². The van der Waals surface area contributed by atoms with Crippen LogP contribution in [0.25, 0.3) is 21.6 Å². The third-order valence-corrected chi connectivity index (χ3v) is 7.17. The van der Waals surface area contributed by atoms with Crippen LogP contribution >= 0.6 is 11.3 Å². The van der Waals surface area contributed by atoms with Crippen molar-refractivity contribution in [2.45, 2.75) is 45.6 Å². The van der Waals surface area contributed by atoms with Crippen LogP contribution in [0.1, 0.15) is 44.0 Å². The Hall–Kier alpha value is -3.26. The van der Waals surface area contributed by atoms with Gasteiger partial charge in [-0.15, -0.1) is 21.5 Å². The van der Waals surface area contributed by atoms with E-state index in [1.165, 1.54) is 22.5 Å². The SMILES string of the molecule is CCCCn1c(=O)c2sccc2n2c(CCC(=O)N3CC=C(c4ccccc4)CC3)nnc12. The number of aryl methyl sites for hydroxylation is 2. The van der Waals surface area contributed by atoms with Crippen molar-refractivity contribution in [3.63, 3.8) is 0 Å². The molecule has 0 fully saturated rings. The van der Waals surface area contributed by atoms with Gasteiger partial charge in [0.25, 0.3) is 5.56 Å². The van der Waals surface area contributed by atoms with Crippen molar-refractivity contribution in [3.8, 4) is 0 Å². The summed E-state index contributed by atoms with van der Waals surface area (Å²) in [4.78, 5) is 27.8. The first-order chi connectivity index (χ1) is 16.2. The minimum absolute atomic E-state index is 0.00898. The lowest BCUT2D eigenvalue weighted by atomic mass is 9.99. The minimum atomic E-state index is -0.00898. The number of carbonyl (C=O) groups is 1. The highest BCUT2D eigenvalue weighted by Gasteiger charge is 2.21. The van der Waals surface area contributed by atoms with Crippen molar-refractivity contribution < 1.29 is 4.79 Å². The Bertz CT molecular complexity index is 1380. The number of aromatic nitrogens is 4. The standard InChI is InChI=1S/C25H27N5O2S/c1-2-3-14-29-24(32)23-20(13-17-33-23)30-21(26-27-25(29)30)9-10-22(31)28-15-11-19(12-16-28)18-7-5-4-6-8-18/h4-8,11,13,17H,2-3,9-10,12,14-16H2,1H3. The number of amides is 1. The second kappa shape index (κ2) is 9.31. The Kier molecular flexibility index (Phi) is 6.09. The molecule has 1 amide bonds. The molecule has 0 spiro atoms. The molecule has 7 nitrogen and oxygen atoms in total. The second-order valence-corrected chi connectivity index (χ2v) is 9.30. The third-order valence-electron chi connectivity index (χ3n) is 6.28. The van der Waals surface area contributed by atoms with E-state index in [1.54, 1.807) is 4.57 Å². The molecule has 170 valence electrons. The van der Waals surface area contributed by atoms with E-state index in [2.05, 4.69) is 35.3 Å². The summed E-state index contributed by atoms with van der Waals surface area (Å²) in [6.45, 7) is 4.08. The number of nitrogens with zero attached hydrogens (tertiary/aromatic N) is 5. The molecule has 0 saturated carbocycles. The quantitative estimate of drug-likeness (QED) is 0.414. The fourth-order valence-corrected chi connectivity index (χ4v) is 5.27. The zero-order valence-corrected chi connectivity index (χ0v) is 19.6. The average molecular weight is 462 g/mol. The van der Waals surface area contributed by atoms with E-state index in [0.717, 1.165) is 37.1 Å². The maximum atomic E-state index is 12.9. The fourth-order valence-electron chi connectivity index (χ4n) is 4.45. The molecule has 1 aliphatic rings. The van der Waals surface area contributed by atoms with Gasteiger partial charge >= 0.3 is 0 Å². The Labute approximate surface area is 196 Å². The van der Waals surface area contributed by atoms with Gasteiger partial charge in [0.05, 0.1) is 5.52 Å². The summed E-state index contributed by atoms with van der Waals surface area (Å²) in [5.74, 6) is 1.41. The lowest BCUT2D eigenvalue weighted by molar-refractivity contribution is -0.130. The van der Waals surface area contributed by atoms with Gasteiger partial charge in [-0.3, -0.25) is 18.6 Å². The maximum absolute atomic E-state index is 12.9. The van der Waals surface area contributed by atoms with Crippen LogP contribution in [0.15, 0.2) is 52.6 Å². The molecule has 0 saturated heterocycles. The van der Waals surface area contributed by atoms with Crippen LogP contribution < -0.4 is 5.56 Å². The molecule has 4 aromatic rings. The van der Waals surface area contributed by atoms with Gasteiger partial charge in [0.15, 0.2) is 0 Å². The van der Waals surface area contributed by atoms with Crippen LogP contribution in [-0.2, 0) is 17.8 Å². The number of rotatable bonds is 7. The molecular weight excluding hydrogens is 434 g/mol. The molecule has 3 aromatic heterocycles. The molecule has 33 heavy (non-hydrogen) atoms. The van der Waals surface area contributed by atoms with Crippen molar-refractivity contribution in [1.82, 2.24) is 24.1 Å². The number of benzene rings is 1. The highest BCUT2D eigenvalue weighted by atomic mass is 32.1. The number of carbonyl (C=O) groups excluding carboxylic acids is 1. The monoisotopic (exact) mass is 461 g/mol. The summed E-state index contributed by atoms with van der Waals surface area (Å²) < 4.78 is 4.39. The van der Waals surface area contributed by atoms with E-state index in [4.69, 9.17) is 0 Å². The number of fused-ring (bicyclic) bond motifs is 3. The molecule has 0 N–H and O–H groups in total. The highest BCUT2D eigenvalue weighted by molar-refractivity contribution is 7.17. The summed E-state index contributed by atoms with van der Waals surface area (Å²) in [6.07, 6.45) is 5.78. The van der Waals surface area contributed by atoms with Gasteiger partial charge in [0.2, 0.25) is 11.7 Å². The van der Waals surface area contributed by atoms with Crippen molar-refractivity contribution in [2.24, 2.45) is 0 Å². The molecule has 5 rings (SSSR count). The summed E-state index contributed by atoms with van der Waals surface area (Å²) in [6, 6.07) is 12.3. The third kappa shape index (κ3) is 4.11. The van der Waals surface area contributed by atoms with Crippen LogP contribution in [0.2, 0.25) is 0 Å². The molecule has 4 heterocycles. The van der Waals surface area contributed by atoms with E-state index >= 15 is 0 Å². The largest absolute Gasteiger partial charge is 0.339 e. The van der Waals surface area contributed by atoms with E-state index in [1.807, 2.05) is 38.9 Å². The van der Waals surface area contributed by atoms with Gasteiger partial charge in [0.1, 0.15) is 10.5 Å². The van der Waals surface area contributed by atoms with Gasteiger partial charge in [-0.2, -0.15) is 0 Å². The van der Waals surface area contributed by atoms with Gasteiger partial charge < -0.3 is 4.90 Å². The number of hydrogen-bond acceptors (Lipinski definition) is 5. The molecule has 0 unspecified atom stereocenters. The molecule has 1 aromatic carbocycles. The molecule has 1 aliphatic heterocycles. The lowest BCUT2D eigenvalue weighted by Crippen LogP contribution is -2.34. The Balaban J connectivity index is 1.34. The summed E-state index contributed by atoms with van der Waals surface area (Å²) in [7, 11) is 0. The molecular formula is C25H27N5O2S. The predicted molar refractivity (Wildman–Crippen MR) is 131 cm³/mol. The number of unbranched alkanes of at least 4 members (excludes halogenated alkanes) is 1. The van der Waals surface area contributed by atoms with Crippen molar-refractivity contribution in [3.05, 3.63) is 69.6 Å². The van der Waals surface area contributed by atoms with Crippen LogP contribution in [0.3, 0.4) is 0 Å². The summed E-state index contributed by atoms with van der Waals surface area (Å²) in [5, 5.41) is 10.6. The first kappa shape index (κ1) is 21.6. The predicted octanol–water partition coefficient (Wildman–Crippen LogP) is 4.15.